The minimum absolute atomic E-state index is 0.0753. The molecule has 0 aliphatic carbocycles. The summed E-state index contributed by atoms with van der Waals surface area (Å²) in [6.45, 7) is 8.34. The molecule has 128 valence electrons. The van der Waals surface area contributed by atoms with Crippen molar-refractivity contribution in [3.63, 3.8) is 0 Å². The van der Waals surface area contributed by atoms with Gasteiger partial charge in [0.05, 0.1) is 12.1 Å². The molecule has 0 aliphatic rings. The number of rotatable bonds is 6. The highest BCUT2D eigenvalue weighted by Gasteiger charge is 2.20. The number of nitroso groups, excluding NO2 is 1. The summed E-state index contributed by atoms with van der Waals surface area (Å²) < 4.78 is 7.40. The molecular weight excluding hydrogens is 316 g/mol. The highest BCUT2D eigenvalue weighted by atomic mass is 16.5. The van der Waals surface area contributed by atoms with Gasteiger partial charge in [0.1, 0.15) is 12.4 Å². The Kier molecular flexibility index (Phi) is 4.57. The van der Waals surface area contributed by atoms with E-state index in [1.807, 2.05) is 50.2 Å². The molecule has 0 amide bonds. The van der Waals surface area contributed by atoms with Crippen LogP contribution in [-0.4, -0.2) is 16.3 Å². The summed E-state index contributed by atoms with van der Waals surface area (Å²) >= 11 is 0. The normalized spacial score (nSPS) is 10.8. The second-order valence-electron chi connectivity index (χ2n) is 6.04. The molecule has 0 radical (unpaired) electrons. The van der Waals surface area contributed by atoms with E-state index in [-0.39, 0.29) is 11.6 Å². The maximum absolute atomic E-state index is 11.3. The Morgan fingerprint density at radius 2 is 2.04 bits per heavy atom. The fourth-order valence-electron chi connectivity index (χ4n) is 3.19. The molecule has 3 rings (SSSR count). The van der Waals surface area contributed by atoms with Crippen molar-refractivity contribution in [3.05, 3.63) is 70.7 Å². The van der Waals surface area contributed by atoms with E-state index in [0.29, 0.717) is 24.3 Å². The third-order valence-electron chi connectivity index (χ3n) is 4.19. The van der Waals surface area contributed by atoms with Gasteiger partial charge in [-0.15, -0.1) is 4.91 Å². The van der Waals surface area contributed by atoms with Crippen LogP contribution in [0.2, 0.25) is 0 Å². The first-order valence-corrected chi connectivity index (χ1v) is 8.04. The number of aromatic nitrogens is 1. The van der Waals surface area contributed by atoms with Gasteiger partial charge in [0.15, 0.2) is 5.69 Å². The van der Waals surface area contributed by atoms with Gasteiger partial charge in [-0.25, -0.2) is 0 Å². The van der Waals surface area contributed by atoms with Crippen LogP contribution in [0.25, 0.3) is 10.9 Å². The number of aromatic hydroxyl groups is 1. The molecule has 0 aliphatic heterocycles. The molecule has 25 heavy (non-hydrogen) atoms. The van der Waals surface area contributed by atoms with Crippen molar-refractivity contribution in [2.45, 2.75) is 20.4 Å². The van der Waals surface area contributed by atoms with Crippen molar-refractivity contribution >= 4 is 16.6 Å². The fourth-order valence-corrected chi connectivity index (χ4v) is 3.19. The quantitative estimate of drug-likeness (QED) is 0.510. The third-order valence-corrected chi connectivity index (χ3v) is 4.19. The number of hydrogen-bond acceptors (Lipinski definition) is 4. The van der Waals surface area contributed by atoms with E-state index in [2.05, 4.69) is 11.8 Å². The SMILES string of the molecule is C=CCOc1ccccc1Cn1c(O)c(N=O)c2cc(C)cc(C)c21. The average molecular weight is 336 g/mol. The maximum Gasteiger partial charge on any atom is 0.222 e. The predicted molar refractivity (Wildman–Crippen MR) is 99.8 cm³/mol. The van der Waals surface area contributed by atoms with Gasteiger partial charge in [0.2, 0.25) is 5.88 Å². The Hall–Kier alpha value is -3.08. The van der Waals surface area contributed by atoms with Crippen LogP contribution in [-0.2, 0) is 6.54 Å². The van der Waals surface area contributed by atoms with Gasteiger partial charge in [-0.3, -0.25) is 0 Å². The Balaban J connectivity index is 2.16. The molecule has 0 saturated heterocycles. The number of para-hydroxylation sites is 1. The number of benzene rings is 2. The topological polar surface area (TPSA) is 63.8 Å². The minimum atomic E-state index is -0.128. The predicted octanol–water partition coefficient (Wildman–Crippen LogP) is 4.97. The standard InChI is InChI=1S/C20H20N2O3/c1-4-9-25-17-8-6-5-7-15(17)12-22-19-14(3)10-13(2)11-16(19)18(21-24)20(22)23/h4-8,10-11,23H,1,9,12H2,2-3H3. The number of nitrogens with zero attached hydrogens (tertiary/aromatic N) is 2. The molecule has 1 aromatic heterocycles. The molecule has 0 bridgehead atoms. The number of aryl methyl sites for hydroxylation is 2. The Morgan fingerprint density at radius 1 is 1.28 bits per heavy atom. The Labute approximate surface area is 146 Å². The molecule has 0 spiro atoms. The van der Waals surface area contributed by atoms with Crippen molar-refractivity contribution in [1.29, 1.82) is 0 Å². The van der Waals surface area contributed by atoms with Gasteiger partial charge in [-0.2, -0.15) is 0 Å². The minimum Gasteiger partial charge on any atom is -0.493 e. The van der Waals surface area contributed by atoms with Crippen LogP contribution in [0.15, 0.2) is 54.2 Å². The van der Waals surface area contributed by atoms with E-state index in [1.54, 1.807) is 10.6 Å². The smallest absolute Gasteiger partial charge is 0.222 e. The van der Waals surface area contributed by atoms with Crippen molar-refractivity contribution in [2.75, 3.05) is 6.61 Å². The first kappa shape index (κ1) is 16.8. The van der Waals surface area contributed by atoms with Crippen LogP contribution in [0.5, 0.6) is 11.6 Å². The molecule has 0 atom stereocenters. The van der Waals surface area contributed by atoms with Crippen molar-refractivity contribution < 1.29 is 9.84 Å². The second-order valence-corrected chi connectivity index (χ2v) is 6.04. The summed E-state index contributed by atoms with van der Waals surface area (Å²) in [5.41, 5.74) is 3.77. The highest BCUT2D eigenvalue weighted by molar-refractivity contribution is 5.97. The molecule has 1 heterocycles. The van der Waals surface area contributed by atoms with Crippen LogP contribution in [0, 0.1) is 18.8 Å². The number of fused-ring (bicyclic) bond motifs is 1. The van der Waals surface area contributed by atoms with Crippen LogP contribution < -0.4 is 4.74 Å². The zero-order valence-electron chi connectivity index (χ0n) is 14.3. The monoisotopic (exact) mass is 336 g/mol. The molecule has 0 unspecified atom stereocenters. The Bertz CT molecular complexity index is 957. The van der Waals surface area contributed by atoms with Gasteiger partial charge in [-0.05, 0) is 36.7 Å². The van der Waals surface area contributed by atoms with Gasteiger partial charge in [0, 0.05) is 10.9 Å². The lowest BCUT2D eigenvalue weighted by atomic mass is 10.1. The van der Waals surface area contributed by atoms with Gasteiger partial charge in [-0.1, -0.05) is 42.5 Å². The molecule has 0 fully saturated rings. The van der Waals surface area contributed by atoms with E-state index in [1.165, 1.54) is 0 Å². The van der Waals surface area contributed by atoms with Gasteiger partial charge in [0.25, 0.3) is 0 Å². The maximum atomic E-state index is 11.3. The van der Waals surface area contributed by atoms with Gasteiger partial charge >= 0.3 is 0 Å². The fraction of sp³-hybridized carbons (Fsp3) is 0.200. The zero-order chi connectivity index (χ0) is 18.0. The lowest BCUT2D eigenvalue weighted by molar-refractivity contribution is 0.357. The van der Waals surface area contributed by atoms with Crippen LogP contribution in [0.1, 0.15) is 16.7 Å². The summed E-state index contributed by atoms with van der Waals surface area (Å²) in [6, 6.07) is 11.5. The van der Waals surface area contributed by atoms with E-state index in [0.717, 1.165) is 22.2 Å². The van der Waals surface area contributed by atoms with E-state index < -0.39 is 0 Å². The summed E-state index contributed by atoms with van der Waals surface area (Å²) in [4.78, 5) is 11.3. The molecular formula is C20H20N2O3. The summed E-state index contributed by atoms with van der Waals surface area (Å²) in [5, 5.41) is 14.3. The van der Waals surface area contributed by atoms with Crippen molar-refractivity contribution in [3.8, 4) is 11.6 Å². The van der Waals surface area contributed by atoms with E-state index in [9.17, 15) is 10.0 Å². The molecule has 5 nitrogen and oxygen atoms in total. The largest absolute Gasteiger partial charge is 0.493 e. The van der Waals surface area contributed by atoms with Crippen molar-refractivity contribution in [1.82, 2.24) is 4.57 Å². The highest BCUT2D eigenvalue weighted by Crippen LogP contribution is 2.41. The van der Waals surface area contributed by atoms with Crippen LogP contribution in [0.4, 0.5) is 5.69 Å². The lowest BCUT2D eigenvalue weighted by Crippen LogP contribution is -2.04. The molecule has 3 aromatic rings. The molecule has 1 N–H and O–H groups in total. The first-order valence-electron chi connectivity index (χ1n) is 8.04. The Morgan fingerprint density at radius 3 is 2.76 bits per heavy atom. The third kappa shape index (κ3) is 3.01. The summed E-state index contributed by atoms with van der Waals surface area (Å²) in [6.07, 6.45) is 1.68. The number of hydrogen-bond donors (Lipinski definition) is 1. The van der Waals surface area contributed by atoms with Gasteiger partial charge < -0.3 is 14.4 Å². The average Bonchev–Trinajstić information content (AvgIpc) is 2.85. The first-order chi connectivity index (χ1) is 12.1. The summed E-state index contributed by atoms with van der Waals surface area (Å²) in [7, 11) is 0. The second kappa shape index (κ2) is 6.81. The van der Waals surface area contributed by atoms with E-state index >= 15 is 0 Å². The van der Waals surface area contributed by atoms with Crippen molar-refractivity contribution in [2.24, 2.45) is 5.18 Å². The lowest BCUT2D eigenvalue weighted by Gasteiger charge is -2.13. The van der Waals surface area contributed by atoms with E-state index in [4.69, 9.17) is 4.74 Å². The summed E-state index contributed by atoms with van der Waals surface area (Å²) in [5.74, 6) is 0.589. The zero-order valence-corrected chi connectivity index (χ0v) is 14.3. The molecule has 0 saturated carbocycles. The molecule has 2 aromatic carbocycles. The number of ether oxygens (including phenoxy) is 1. The molecule has 5 heteroatoms. The van der Waals surface area contributed by atoms with Crippen LogP contribution >= 0.6 is 0 Å². The van der Waals surface area contributed by atoms with Crippen LogP contribution in [0.3, 0.4) is 0 Å².